The molecule has 0 bridgehead atoms. The van der Waals surface area contributed by atoms with Crippen molar-refractivity contribution in [3.8, 4) is 0 Å². The average Bonchev–Trinajstić information content (AvgIpc) is 2.07. The van der Waals surface area contributed by atoms with Crippen LogP contribution in [0.2, 0.25) is 0 Å². The molecule has 90 valence electrons. The van der Waals surface area contributed by atoms with Crippen molar-refractivity contribution in [2.45, 2.75) is 12.7 Å². The minimum atomic E-state index is -4.14. The van der Waals surface area contributed by atoms with Crippen LogP contribution in [0.1, 0.15) is 11.1 Å². The summed E-state index contributed by atoms with van der Waals surface area (Å²) >= 11 is -2.88. The minimum Gasteiger partial charge on any atom is -0.283 e. The molecular formula is C8H9FO5S2. The van der Waals surface area contributed by atoms with Gasteiger partial charge in [-0.2, -0.15) is 12.6 Å². The van der Waals surface area contributed by atoms with Crippen LogP contribution in [0, 0.1) is 12.7 Å². The van der Waals surface area contributed by atoms with Crippen molar-refractivity contribution in [3.63, 3.8) is 0 Å². The quantitative estimate of drug-likeness (QED) is 0.827. The Bertz CT molecular complexity index is 511. The molecule has 0 amide bonds. The maximum absolute atomic E-state index is 12.7. The number of hydrogen-bond donors (Lipinski definition) is 1. The van der Waals surface area contributed by atoms with Crippen LogP contribution >= 0.6 is 0 Å². The Morgan fingerprint density at radius 3 is 2.62 bits per heavy atom. The lowest BCUT2D eigenvalue weighted by atomic mass is 10.1. The van der Waals surface area contributed by atoms with E-state index in [-0.39, 0.29) is 0 Å². The number of rotatable bonds is 4. The molecular weight excluding hydrogens is 259 g/mol. The third kappa shape index (κ3) is 3.97. The highest BCUT2D eigenvalue weighted by Gasteiger charge is 2.17. The molecule has 0 aliphatic carbocycles. The van der Waals surface area contributed by atoms with Crippen LogP contribution in [0.15, 0.2) is 18.2 Å². The molecule has 1 rings (SSSR count). The highest BCUT2D eigenvalue weighted by Crippen LogP contribution is 2.14. The van der Waals surface area contributed by atoms with Crippen molar-refractivity contribution in [2.24, 2.45) is 0 Å². The van der Waals surface area contributed by atoms with Crippen LogP contribution in [-0.4, -0.2) is 17.2 Å². The molecule has 0 aromatic heterocycles. The first kappa shape index (κ1) is 13.2. The molecule has 1 atom stereocenters. The van der Waals surface area contributed by atoms with Crippen LogP contribution in [0.5, 0.6) is 0 Å². The highest BCUT2D eigenvalue weighted by molar-refractivity contribution is 7.94. The van der Waals surface area contributed by atoms with E-state index >= 15 is 0 Å². The first-order chi connectivity index (χ1) is 7.30. The smallest absolute Gasteiger partial charge is 0.283 e. The fraction of sp³-hybridized carbons (Fsp3) is 0.250. The van der Waals surface area contributed by atoms with Crippen LogP contribution in [0.25, 0.3) is 0 Å². The zero-order valence-electron chi connectivity index (χ0n) is 8.21. The topological polar surface area (TPSA) is 80.7 Å². The van der Waals surface area contributed by atoms with E-state index in [1.807, 2.05) is 0 Å². The summed E-state index contributed by atoms with van der Waals surface area (Å²) in [5, 5.41) is 0. The molecule has 0 saturated heterocycles. The third-order valence-electron chi connectivity index (χ3n) is 1.80. The van der Waals surface area contributed by atoms with Gasteiger partial charge < -0.3 is 0 Å². The molecule has 1 aromatic rings. The summed E-state index contributed by atoms with van der Waals surface area (Å²) in [6.07, 6.45) is 0. The second-order valence-corrected chi connectivity index (χ2v) is 5.44. The van der Waals surface area contributed by atoms with E-state index in [1.165, 1.54) is 19.1 Å². The Morgan fingerprint density at radius 1 is 1.50 bits per heavy atom. The van der Waals surface area contributed by atoms with Gasteiger partial charge in [0.15, 0.2) is 0 Å². The summed E-state index contributed by atoms with van der Waals surface area (Å²) < 4.78 is 57.4. The lowest BCUT2D eigenvalue weighted by Gasteiger charge is -2.05. The van der Waals surface area contributed by atoms with Gasteiger partial charge in [0.2, 0.25) is 0 Å². The number of benzene rings is 1. The molecule has 0 heterocycles. The largest absolute Gasteiger partial charge is 0.317 e. The first-order valence-electron chi connectivity index (χ1n) is 4.09. The maximum atomic E-state index is 12.7. The first-order valence-corrected chi connectivity index (χ1v) is 6.69. The molecule has 0 aliphatic rings. The Kier molecular flexibility index (Phi) is 4.14. The SMILES string of the molecule is Cc1cc(F)ccc1CS(=O)(=O)OS(=O)O. The lowest BCUT2D eigenvalue weighted by Crippen LogP contribution is -2.11. The molecule has 8 heteroatoms. The number of aryl methyl sites for hydroxylation is 1. The Balaban J connectivity index is 2.92. The third-order valence-corrected chi connectivity index (χ3v) is 3.76. The van der Waals surface area contributed by atoms with Gasteiger partial charge in [0.05, 0.1) is 0 Å². The number of halogens is 1. The van der Waals surface area contributed by atoms with E-state index in [1.54, 1.807) is 0 Å². The van der Waals surface area contributed by atoms with Crippen molar-refractivity contribution in [2.75, 3.05) is 0 Å². The molecule has 1 unspecified atom stereocenters. The zero-order valence-corrected chi connectivity index (χ0v) is 9.85. The van der Waals surface area contributed by atoms with Crippen molar-refractivity contribution < 1.29 is 25.2 Å². The van der Waals surface area contributed by atoms with Crippen molar-refractivity contribution in [1.82, 2.24) is 0 Å². The van der Waals surface area contributed by atoms with Crippen molar-refractivity contribution >= 4 is 21.5 Å². The summed E-state index contributed by atoms with van der Waals surface area (Å²) in [4.78, 5) is 0. The maximum Gasteiger partial charge on any atom is 0.317 e. The van der Waals surface area contributed by atoms with Crippen LogP contribution in [0.3, 0.4) is 0 Å². The van der Waals surface area contributed by atoms with Crippen LogP contribution in [0.4, 0.5) is 4.39 Å². The molecule has 5 nitrogen and oxygen atoms in total. The highest BCUT2D eigenvalue weighted by atomic mass is 32.3. The van der Waals surface area contributed by atoms with Gasteiger partial charge in [0.25, 0.3) is 10.1 Å². The van der Waals surface area contributed by atoms with Crippen LogP contribution < -0.4 is 0 Å². The Labute approximate surface area is 94.9 Å². The second-order valence-electron chi connectivity index (χ2n) is 3.06. The molecule has 0 saturated carbocycles. The monoisotopic (exact) mass is 268 g/mol. The molecule has 0 aliphatic heterocycles. The van der Waals surface area contributed by atoms with Crippen molar-refractivity contribution in [1.29, 1.82) is 0 Å². The van der Waals surface area contributed by atoms with Gasteiger partial charge >= 0.3 is 11.4 Å². The Hall–Kier alpha value is -0.830. The number of hydrogen-bond acceptors (Lipinski definition) is 4. The molecule has 0 fully saturated rings. The van der Waals surface area contributed by atoms with Crippen LogP contribution in [-0.2, 0) is 30.9 Å². The summed E-state index contributed by atoms with van der Waals surface area (Å²) in [5.74, 6) is -1.06. The molecule has 0 spiro atoms. The van der Waals surface area contributed by atoms with E-state index in [4.69, 9.17) is 4.55 Å². The molecule has 1 N–H and O–H groups in total. The van der Waals surface area contributed by atoms with Gasteiger partial charge in [-0.05, 0) is 30.2 Å². The molecule has 16 heavy (non-hydrogen) atoms. The molecule has 0 radical (unpaired) electrons. The lowest BCUT2D eigenvalue weighted by molar-refractivity contribution is 0.442. The zero-order chi connectivity index (χ0) is 12.3. The van der Waals surface area contributed by atoms with E-state index in [9.17, 15) is 17.0 Å². The fourth-order valence-corrected chi connectivity index (χ4v) is 2.73. The summed E-state index contributed by atoms with van der Waals surface area (Å²) in [5.41, 5.74) is 0.739. The van der Waals surface area contributed by atoms with E-state index in [0.29, 0.717) is 11.1 Å². The summed E-state index contributed by atoms with van der Waals surface area (Å²) in [7, 11) is -4.14. The molecule has 1 aromatic carbocycles. The van der Waals surface area contributed by atoms with Gasteiger partial charge in [-0.1, -0.05) is 6.07 Å². The van der Waals surface area contributed by atoms with Gasteiger partial charge in [0.1, 0.15) is 11.6 Å². The fourth-order valence-electron chi connectivity index (χ4n) is 1.12. The van der Waals surface area contributed by atoms with E-state index in [0.717, 1.165) is 6.07 Å². The normalized spacial score (nSPS) is 13.7. The average molecular weight is 268 g/mol. The predicted octanol–water partition coefficient (Wildman–Crippen LogP) is 1.12. The van der Waals surface area contributed by atoms with Gasteiger partial charge in [-0.3, -0.25) is 4.55 Å². The minimum absolute atomic E-state index is 0.312. The Morgan fingerprint density at radius 2 is 2.12 bits per heavy atom. The van der Waals surface area contributed by atoms with Gasteiger partial charge in [0, 0.05) is 0 Å². The predicted molar refractivity (Wildman–Crippen MR) is 55.6 cm³/mol. The van der Waals surface area contributed by atoms with Gasteiger partial charge in [-0.15, -0.1) is 3.63 Å². The van der Waals surface area contributed by atoms with E-state index in [2.05, 4.69) is 3.63 Å². The van der Waals surface area contributed by atoms with E-state index < -0.39 is 33.0 Å². The second kappa shape index (κ2) is 5.00. The summed E-state index contributed by atoms with van der Waals surface area (Å²) in [6, 6.07) is 3.56. The standard InChI is InChI=1S/C8H9FO5S2/c1-6-4-8(9)3-2-7(6)5-16(12,13)14-15(10)11/h2-4H,5H2,1H3,(H,10,11). The summed E-state index contributed by atoms with van der Waals surface area (Å²) in [6.45, 7) is 1.53. The van der Waals surface area contributed by atoms with Crippen molar-refractivity contribution in [3.05, 3.63) is 35.1 Å². The van der Waals surface area contributed by atoms with Gasteiger partial charge in [-0.25, -0.2) is 4.39 Å².